The van der Waals surface area contributed by atoms with Crippen LogP contribution in [0.4, 0.5) is 0 Å². The van der Waals surface area contributed by atoms with E-state index in [1.165, 1.54) is 4.90 Å². The topological polar surface area (TPSA) is 474 Å². The van der Waals surface area contributed by atoms with E-state index in [0.717, 1.165) is 0 Å². The molecule has 87 heavy (non-hydrogen) atoms. The highest BCUT2D eigenvalue weighted by molar-refractivity contribution is 5.99. The van der Waals surface area contributed by atoms with E-state index < -0.39 is 120 Å². The van der Waals surface area contributed by atoms with Gasteiger partial charge in [0.15, 0.2) is 11.9 Å². The molecule has 1 aliphatic heterocycles. The Kier molecular flexibility index (Phi) is 29.4. The fourth-order valence-corrected chi connectivity index (χ4v) is 9.61. The molecule has 8 atom stereocenters. The molecule has 4 rings (SSSR count). The summed E-state index contributed by atoms with van der Waals surface area (Å²) in [5, 5.41) is 18.8. The van der Waals surface area contributed by atoms with Crippen molar-refractivity contribution in [3.8, 4) is 5.75 Å². The highest BCUT2D eigenvalue weighted by Crippen LogP contribution is 2.21. The first-order chi connectivity index (χ1) is 41.5. The molecule has 10 amide bonds. The Morgan fingerprint density at radius 3 is 1.61 bits per heavy atom. The van der Waals surface area contributed by atoms with Crippen LogP contribution < -0.4 is 82.1 Å². The largest absolute Gasteiger partial charge is 0.494 e. The maximum Gasteiger partial charge on any atom is 0.245 e. The molecule has 1 aliphatic rings. The van der Waals surface area contributed by atoms with Gasteiger partial charge < -0.3 is 87.0 Å². The molecule has 0 spiro atoms. The first kappa shape index (κ1) is 70.1. The molecule has 0 unspecified atom stereocenters. The van der Waals surface area contributed by atoms with Gasteiger partial charge in [-0.25, -0.2) is 0 Å². The number of aliphatic imine (C=N–C) groups is 2. The fourth-order valence-electron chi connectivity index (χ4n) is 9.61. The van der Waals surface area contributed by atoms with Crippen molar-refractivity contribution in [3.63, 3.8) is 0 Å². The molecule has 1 fully saturated rings. The second kappa shape index (κ2) is 36.5. The van der Waals surface area contributed by atoms with Crippen LogP contribution in [0.1, 0.15) is 95.2 Å². The summed E-state index contributed by atoms with van der Waals surface area (Å²) in [6, 6.07) is 14.2. The summed E-state index contributed by atoms with van der Waals surface area (Å²) in [4.78, 5) is 148. The number of nitrogens with two attached hydrogens (primary N) is 7. The number of amides is 10. The zero-order chi connectivity index (χ0) is 64.0. The molecule has 1 heterocycles. The molecule has 3 aromatic rings. The van der Waals surface area contributed by atoms with Gasteiger partial charge in [0.1, 0.15) is 54.1 Å². The van der Waals surface area contributed by atoms with Gasteiger partial charge in [0.2, 0.25) is 59.1 Å². The molecule has 0 saturated carbocycles. The van der Waals surface area contributed by atoms with Crippen molar-refractivity contribution in [1.82, 2.24) is 42.1 Å². The van der Waals surface area contributed by atoms with E-state index in [0.29, 0.717) is 35.5 Å². The maximum atomic E-state index is 14.6. The highest BCUT2D eigenvalue weighted by atomic mass is 16.5. The Bertz CT molecular complexity index is 2830. The number of primary amides is 2. The van der Waals surface area contributed by atoms with Crippen LogP contribution in [0.5, 0.6) is 5.75 Å². The van der Waals surface area contributed by atoms with E-state index >= 15 is 0 Å². The number of nitrogens with zero attached hydrogens (tertiary/aromatic N) is 3. The molecule has 1 saturated heterocycles. The van der Waals surface area contributed by atoms with Crippen molar-refractivity contribution in [3.05, 3.63) is 102 Å². The number of hydrogen-bond acceptors (Lipinski definition) is 14. The smallest absolute Gasteiger partial charge is 0.245 e. The second-order valence-corrected chi connectivity index (χ2v) is 21.4. The van der Waals surface area contributed by atoms with Gasteiger partial charge in [-0.3, -0.25) is 57.9 Å². The Labute approximate surface area is 506 Å². The molecule has 0 radical (unpaired) electrons. The summed E-state index contributed by atoms with van der Waals surface area (Å²) in [5.41, 5.74) is 40.9. The SMILES string of the molecule is CCOc1ccc(C[C@@H](NC(=O)Cc2ccccc2)C(=O)N[C@@H](Cc2ccccc2)C(=O)N[C@H](C(=O)N[C@@H](CC(N)=O)C(=O)N[C@@H](CCCN)C(=O)N2CCC[C@@H]2C(=O)N[C@@H](CCCN=C(N)N)C(=O)N[C@@H](CCCN=C(N)N)C(N)=O)C(C)C)cc1. The van der Waals surface area contributed by atoms with Crippen LogP contribution in [0.15, 0.2) is 94.9 Å². The van der Waals surface area contributed by atoms with Gasteiger partial charge in [-0.15, -0.1) is 0 Å². The van der Waals surface area contributed by atoms with Crippen LogP contribution in [0, 0.1) is 5.92 Å². The first-order valence-corrected chi connectivity index (χ1v) is 29.1. The zero-order valence-electron chi connectivity index (χ0n) is 49.7. The van der Waals surface area contributed by atoms with Gasteiger partial charge in [-0.2, -0.15) is 0 Å². The number of hydrogen-bond donors (Lipinski definition) is 14. The normalized spacial score (nSPS) is 15.1. The molecule has 0 aliphatic carbocycles. The lowest BCUT2D eigenvalue weighted by atomic mass is 9.99. The molecule has 21 N–H and O–H groups in total. The van der Waals surface area contributed by atoms with Crippen LogP contribution >= 0.6 is 0 Å². The van der Waals surface area contributed by atoms with Crippen LogP contribution in [-0.4, -0.2) is 157 Å². The lowest BCUT2D eigenvalue weighted by Crippen LogP contribution is -2.61. The Morgan fingerprint density at radius 2 is 1.06 bits per heavy atom. The van der Waals surface area contributed by atoms with E-state index in [4.69, 9.17) is 44.9 Å². The third-order valence-corrected chi connectivity index (χ3v) is 14.1. The third kappa shape index (κ3) is 24.7. The lowest BCUT2D eigenvalue weighted by molar-refractivity contribution is -0.143. The molecule has 3 aromatic carbocycles. The van der Waals surface area contributed by atoms with Gasteiger partial charge in [0.25, 0.3) is 0 Å². The number of likely N-dealkylation sites (tertiary alicyclic amines) is 1. The Morgan fingerprint density at radius 1 is 0.563 bits per heavy atom. The fraction of sp³-hybridized carbons (Fsp3) is 0.492. The molecule has 28 nitrogen and oxygen atoms in total. The quantitative estimate of drug-likeness (QED) is 0.0159. The van der Waals surface area contributed by atoms with Crippen molar-refractivity contribution in [2.45, 2.75) is 146 Å². The summed E-state index contributed by atoms with van der Waals surface area (Å²) in [7, 11) is 0. The predicted molar refractivity (Wildman–Crippen MR) is 326 cm³/mol. The van der Waals surface area contributed by atoms with Crippen molar-refractivity contribution in [1.29, 1.82) is 0 Å². The monoisotopic (exact) mass is 1210 g/mol. The molecular formula is C59H87N17O11. The number of carbonyl (C=O) groups excluding carboxylic acids is 10. The Balaban J connectivity index is 1.55. The van der Waals surface area contributed by atoms with E-state index in [1.807, 2.05) is 13.0 Å². The van der Waals surface area contributed by atoms with Gasteiger partial charge in [-0.05, 0) is 99.6 Å². The van der Waals surface area contributed by atoms with Crippen LogP contribution in [-0.2, 0) is 67.2 Å². The predicted octanol–water partition coefficient (Wildman–Crippen LogP) is -2.64. The van der Waals surface area contributed by atoms with Crippen molar-refractivity contribution >= 4 is 71.0 Å². The summed E-state index contributed by atoms with van der Waals surface area (Å²) >= 11 is 0. The number of nitrogens with one attached hydrogen (secondary N) is 7. The van der Waals surface area contributed by atoms with Crippen LogP contribution in [0.3, 0.4) is 0 Å². The van der Waals surface area contributed by atoms with Crippen LogP contribution in [0.2, 0.25) is 0 Å². The third-order valence-electron chi connectivity index (χ3n) is 14.1. The molecule has 474 valence electrons. The van der Waals surface area contributed by atoms with Crippen molar-refractivity contribution < 1.29 is 52.7 Å². The minimum atomic E-state index is -1.70. The summed E-state index contributed by atoms with van der Waals surface area (Å²) < 4.78 is 5.59. The molecule has 28 heteroatoms. The summed E-state index contributed by atoms with van der Waals surface area (Å²) in [5.74, 6) is -8.34. The average molecular weight is 1210 g/mol. The minimum Gasteiger partial charge on any atom is -0.494 e. The highest BCUT2D eigenvalue weighted by Gasteiger charge is 2.41. The summed E-state index contributed by atoms with van der Waals surface area (Å²) in [6.07, 6.45) is 0.373. The van der Waals surface area contributed by atoms with Gasteiger partial charge in [0.05, 0.1) is 19.4 Å². The first-order valence-electron chi connectivity index (χ1n) is 29.1. The number of benzene rings is 3. The van der Waals surface area contributed by atoms with Gasteiger partial charge >= 0.3 is 0 Å². The number of ether oxygens (including phenoxy) is 1. The standard InChI is InChI=1S/C59H87N17O11/c1-4-87-39-25-23-38(24-26-39)32-43(69-48(78)33-37-17-9-6-10-18-37)52(81)73-44(31-36-15-7-5-8-16-36)54(83)75-49(35(2)3)56(85)74-45(34-47(61)77)53(82)72-42(19-11-27-60)57(86)76-30-14-22-46(76)55(84)71-41(21-13-29-68-59(65)66)51(80)70-40(50(62)79)20-12-28-67-58(63)64/h5-10,15-18,23-26,35,40-46,49H,4,11-14,19-22,27-34,60H2,1-3H3,(H2,61,77)(H2,62,79)(H,69,78)(H,70,80)(H,71,84)(H,72,82)(H,73,81)(H,74,85)(H,75,83)(H4,63,64,67)(H4,65,66,68)/t40-,41-,42-,43+,44-,45-,46+,49-/m0/s1. The van der Waals surface area contributed by atoms with E-state index in [1.54, 1.807) is 92.7 Å². The Hall–Kier alpha value is -9.34. The molecule has 0 bridgehead atoms. The number of guanidine groups is 2. The maximum absolute atomic E-state index is 14.6. The molecule has 0 aromatic heterocycles. The van der Waals surface area contributed by atoms with Gasteiger partial charge in [-0.1, -0.05) is 86.6 Å². The second-order valence-electron chi connectivity index (χ2n) is 21.4. The number of rotatable bonds is 37. The van der Waals surface area contributed by atoms with E-state index in [9.17, 15) is 47.9 Å². The van der Waals surface area contributed by atoms with Gasteiger partial charge in [0, 0.05) is 32.5 Å². The molecular weight excluding hydrogens is 1120 g/mol. The minimum absolute atomic E-state index is 0.00778. The lowest BCUT2D eigenvalue weighted by Gasteiger charge is -2.31. The summed E-state index contributed by atoms with van der Waals surface area (Å²) in [6.45, 7) is 5.90. The number of carbonyl (C=O) groups is 10. The van der Waals surface area contributed by atoms with E-state index in [-0.39, 0.29) is 102 Å². The van der Waals surface area contributed by atoms with Crippen LogP contribution in [0.25, 0.3) is 0 Å². The average Bonchev–Trinajstić information content (AvgIpc) is 2.38. The van der Waals surface area contributed by atoms with Crippen molar-refractivity contribution in [2.24, 2.45) is 56.0 Å². The van der Waals surface area contributed by atoms with E-state index in [2.05, 4.69) is 47.2 Å². The zero-order valence-corrected chi connectivity index (χ0v) is 49.7. The van der Waals surface area contributed by atoms with Crippen molar-refractivity contribution in [2.75, 3.05) is 32.8 Å².